The van der Waals surface area contributed by atoms with Crippen molar-refractivity contribution in [3.63, 3.8) is 0 Å². The van der Waals surface area contributed by atoms with E-state index >= 15 is 0 Å². The standard InChI is InChI=1S/C20H32N4O5/c1-20(2,3)29-19(25)24-11-14(12-24)23-18(21-4)22-10-13-8-15(26-5)17(28-7)16(9-13)27-6/h8-9,14H,10-12H2,1-7H3,(H2,21,22,23). The van der Waals surface area contributed by atoms with E-state index in [2.05, 4.69) is 15.6 Å². The summed E-state index contributed by atoms with van der Waals surface area (Å²) >= 11 is 0. The van der Waals surface area contributed by atoms with Crippen LogP contribution in [0.5, 0.6) is 17.2 Å². The van der Waals surface area contributed by atoms with Crippen LogP contribution in [0, 0.1) is 0 Å². The van der Waals surface area contributed by atoms with Gasteiger partial charge < -0.3 is 34.5 Å². The second kappa shape index (κ2) is 9.58. The molecule has 0 spiro atoms. The predicted octanol–water partition coefficient (Wildman–Crippen LogP) is 2.00. The second-order valence-electron chi connectivity index (χ2n) is 7.69. The Morgan fingerprint density at radius 3 is 2.17 bits per heavy atom. The van der Waals surface area contributed by atoms with Crippen LogP contribution in [0.3, 0.4) is 0 Å². The fraction of sp³-hybridized carbons (Fsp3) is 0.600. The molecular formula is C20H32N4O5. The molecule has 1 aromatic carbocycles. The van der Waals surface area contributed by atoms with E-state index in [1.807, 2.05) is 32.9 Å². The van der Waals surface area contributed by atoms with Crippen molar-refractivity contribution < 1.29 is 23.7 Å². The lowest BCUT2D eigenvalue weighted by Gasteiger charge is -2.40. The SMILES string of the molecule is CN=C(NCc1cc(OC)c(OC)c(OC)c1)NC1CN(C(=O)OC(C)(C)C)C1. The van der Waals surface area contributed by atoms with Crippen LogP contribution in [0.2, 0.25) is 0 Å². The third-order valence-corrected chi connectivity index (χ3v) is 4.28. The summed E-state index contributed by atoms with van der Waals surface area (Å²) < 4.78 is 21.5. The van der Waals surface area contributed by atoms with Crippen molar-refractivity contribution in [3.8, 4) is 17.2 Å². The predicted molar refractivity (Wildman–Crippen MR) is 111 cm³/mol. The average Bonchev–Trinajstić information content (AvgIpc) is 2.63. The molecule has 0 unspecified atom stereocenters. The van der Waals surface area contributed by atoms with Gasteiger partial charge in [-0.2, -0.15) is 0 Å². The van der Waals surface area contributed by atoms with Gasteiger partial charge in [0.15, 0.2) is 17.5 Å². The summed E-state index contributed by atoms with van der Waals surface area (Å²) in [6, 6.07) is 3.89. The van der Waals surface area contributed by atoms with Crippen molar-refractivity contribution >= 4 is 12.1 Å². The molecular weight excluding hydrogens is 376 g/mol. The number of guanidine groups is 1. The van der Waals surface area contributed by atoms with Gasteiger partial charge in [-0.3, -0.25) is 4.99 Å². The molecule has 1 aliphatic rings. The maximum atomic E-state index is 12.0. The van der Waals surface area contributed by atoms with Gasteiger partial charge in [-0.25, -0.2) is 4.79 Å². The molecule has 0 aliphatic carbocycles. The zero-order chi connectivity index (χ0) is 21.6. The number of benzene rings is 1. The lowest BCUT2D eigenvalue weighted by Crippen LogP contribution is -2.63. The van der Waals surface area contributed by atoms with Crippen LogP contribution in [-0.2, 0) is 11.3 Å². The summed E-state index contributed by atoms with van der Waals surface area (Å²) in [5, 5.41) is 6.56. The molecule has 1 amide bonds. The Labute approximate surface area is 172 Å². The normalized spacial score (nSPS) is 14.7. The Balaban J connectivity index is 1.89. The zero-order valence-corrected chi connectivity index (χ0v) is 18.3. The molecule has 0 saturated carbocycles. The maximum absolute atomic E-state index is 12.0. The molecule has 0 bridgehead atoms. The van der Waals surface area contributed by atoms with Crippen molar-refractivity contribution in [1.29, 1.82) is 0 Å². The molecule has 29 heavy (non-hydrogen) atoms. The highest BCUT2D eigenvalue weighted by atomic mass is 16.6. The van der Waals surface area contributed by atoms with Crippen LogP contribution in [-0.4, -0.2) is 70.1 Å². The minimum Gasteiger partial charge on any atom is -0.493 e. The van der Waals surface area contributed by atoms with E-state index in [4.69, 9.17) is 18.9 Å². The van der Waals surface area contributed by atoms with Crippen molar-refractivity contribution in [2.45, 2.75) is 39.0 Å². The number of hydrogen-bond donors (Lipinski definition) is 2. The highest BCUT2D eigenvalue weighted by Gasteiger charge is 2.34. The first-order valence-corrected chi connectivity index (χ1v) is 9.44. The third kappa shape index (κ3) is 6.07. The molecule has 0 aromatic heterocycles. The molecule has 2 N–H and O–H groups in total. The molecule has 0 atom stereocenters. The summed E-state index contributed by atoms with van der Waals surface area (Å²) in [5.74, 6) is 2.39. The lowest BCUT2D eigenvalue weighted by molar-refractivity contribution is 0.00701. The molecule has 2 rings (SSSR count). The Bertz CT molecular complexity index is 714. The molecule has 9 nitrogen and oxygen atoms in total. The van der Waals surface area contributed by atoms with E-state index in [0.717, 1.165) is 5.56 Å². The Morgan fingerprint density at radius 1 is 1.14 bits per heavy atom. The molecule has 1 saturated heterocycles. The van der Waals surface area contributed by atoms with Gasteiger partial charge in [0.05, 0.1) is 27.4 Å². The quantitative estimate of drug-likeness (QED) is 0.549. The summed E-state index contributed by atoms with van der Waals surface area (Å²) in [6.07, 6.45) is -0.295. The molecule has 1 aliphatic heterocycles. The molecule has 1 heterocycles. The topological polar surface area (TPSA) is 93.7 Å². The first kappa shape index (κ1) is 22.4. The van der Waals surface area contributed by atoms with Gasteiger partial charge in [-0.15, -0.1) is 0 Å². The number of nitrogens with one attached hydrogen (secondary N) is 2. The number of ether oxygens (including phenoxy) is 4. The smallest absolute Gasteiger partial charge is 0.410 e. The summed E-state index contributed by atoms with van der Waals surface area (Å²) in [7, 11) is 6.45. The average molecular weight is 408 g/mol. The highest BCUT2D eigenvalue weighted by molar-refractivity contribution is 5.80. The van der Waals surface area contributed by atoms with E-state index in [1.165, 1.54) is 0 Å². The summed E-state index contributed by atoms with van der Waals surface area (Å²) in [6.45, 7) is 7.22. The molecule has 9 heteroatoms. The number of rotatable bonds is 6. The Hall–Kier alpha value is -2.84. The van der Waals surface area contributed by atoms with Gasteiger partial charge in [-0.1, -0.05) is 0 Å². The van der Waals surface area contributed by atoms with Gasteiger partial charge in [-0.05, 0) is 38.5 Å². The fourth-order valence-electron chi connectivity index (χ4n) is 2.86. The number of likely N-dealkylation sites (tertiary alicyclic amines) is 1. The van der Waals surface area contributed by atoms with Crippen LogP contribution < -0.4 is 24.8 Å². The van der Waals surface area contributed by atoms with Crippen molar-refractivity contribution in [2.24, 2.45) is 4.99 Å². The highest BCUT2D eigenvalue weighted by Crippen LogP contribution is 2.38. The monoisotopic (exact) mass is 408 g/mol. The first-order valence-electron chi connectivity index (χ1n) is 9.44. The summed E-state index contributed by atoms with van der Waals surface area (Å²) in [5.41, 5.74) is 0.458. The number of carbonyl (C=O) groups is 1. The first-order chi connectivity index (χ1) is 13.7. The zero-order valence-electron chi connectivity index (χ0n) is 18.3. The molecule has 1 aromatic rings. The number of nitrogens with zero attached hydrogens (tertiary/aromatic N) is 2. The lowest BCUT2D eigenvalue weighted by atomic mass is 10.1. The fourth-order valence-corrected chi connectivity index (χ4v) is 2.86. The van der Waals surface area contributed by atoms with Crippen LogP contribution >= 0.6 is 0 Å². The van der Waals surface area contributed by atoms with Crippen LogP contribution in [0.15, 0.2) is 17.1 Å². The van der Waals surface area contributed by atoms with Gasteiger partial charge >= 0.3 is 6.09 Å². The number of methoxy groups -OCH3 is 3. The number of amides is 1. The van der Waals surface area contributed by atoms with Crippen LogP contribution in [0.1, 0.15) is 26.3 Å². The number of carbonyl (C=O) groups excluding carboxylic acids is 1. The van der Waals surface area contributed by atoms with Gasteiger partial charge in [0.1, 0.15) is 5.60 Å². The molecule has 162 valence electrons. The number of aliphatic imine (C=N–C) groups is 1. The van der Waals surface area contributed by atoms with Crippen molar-refractivity contribution in [2.75, 3.05) is 41.5 Å². The van der Waals surface area contributed by atoms with Crippen LogP contribution in [0.25, 0.3) is 0 Å². The minimum absolute atomic E-state index is 0.119. The Kier molecular flexibility index (Phi) is 7.41. The summed E-state index contributed by atoms with van der Waals surface area (Å²) in [4.78, 5) is 17.9. The largest absolute Gasteiger partial charge is 0.493 e. The van der Waals surface area contributed by atoms with Gasteiger partial charge in [0.25, 0.3) is 0 Å². The number of hydrogen-bond acceptors (Lipinski definition) is 6. The Morgan fingerprint density at radius 2 is 1.72 bits per heavy atom. The third-order valence-electron chi connectivity index (χ3n) is 4.28. The van der Waals surface area contributed by atoms with E-state index in [-0.39, 0.29) is 12.1 Å². The maximum Gasteiger partial charge on any atom is 0.410 e. The minimum atomic E-state index is -0.492. The molecule has 0 radical (unpaired) electrons. The van der Waals surface area contributed by atoms with Crippen molar-refractivity contribution in [1.82, 2.24) is 15.5 Å². The van der Waals surface area contributed by atoms with E-state index in [0.29, 0.717) is 42.8 Å². The van der Waals surface area contributed by atoms with Gasteiger partial charge in [0, 0.05) is 26.7 Å². The van der Waals surface area contributed by atoms with E-state index in [1.54, 1.807) is 33.3 Å². The van der Waals surface area contributed by atoms with E-state index < -0.39 is 5.60 Å². The molecule has 1 fully saturated rings. The van der Waals surface area contributed by atoms with Gasteiger partial charge in [0.2, 0.25) is 5.75 Å². The second-order valence-corrected chi connectivity index (χ2v) is 7.69. The van der Waals surface area contributed by atoms with Crippen LogP contribution in [0.4, 0.5) is 4.79 Å². The van der Waals surface area contributed by atoms with E-state index in [9.17, 15) is 4.79 Å². The van der Waals surface area contributed by atoms with Crippen molar-refractivity contribution in [3.05, 3.63) is 17.7 Å².